The molecule has 2 unspecified atom stereocenters. The van der Waals surface area contributed by atoms with Crippen LogP contribution >= 0.6 is 0 Å². The number of fused-ring (bicyclic) bond motifs is 1. The molecule has 30 heavy (non-hydrogen) atoms. The van der Waals surface area contributed by atoms with Crippen LogP contribution in [0.15, 0.2) is 53.3 Å². The van der Waals surface area contributed by atoms with E-state index >= 15 is 0 Å². The lowest BCUT2D eigenvalue weighted by atomic mass is 9.87. The molecule has 1 aromatic heterocycles. The first-order chi connectivity index (χ1) is 14.4. The fraction of sp³-hybridized carbons (Fsp3) is 0.333. The highest BCUT2D eigenvalue weighted by Crippen LogP contribution is 2.27. The lowest BCUT2D eigenvalue weighted by Gasteiger charge is -2.22. The number of benzene rings is 2. The minimum atomic E-state index is -0.530. The Balaban J connectivity index is 1.65. The summed E-state index contributed by atoms with van der Waals surface area (Å²) in [5.41, 5.74) is 1.47. The molecule has 3 N–H and O–H groups in total. The normalized spacial score (nSPS) is 17.4. The molecule has 1 saturated heterocycles. The molecule has 1 aliphatic heterocycles. The van der Waals surface area contributed by atoms with Gasteiger partial charge in [-0.2, -0.15) is 0 Å². The second-order valence-electron chi connectivity index (χ2n) is 8.25. The highest BCUT2D eigenvalue weighted by Gasteiger charge is 2.29. The second kappa shape index (κ2) is 8.40. The number of amides is 1. The van der Waals surface area contributed by atoms with Crippen molar-refractivity contribution in [3.63, 3.8) is 0 Å². The SMILES string of the molecule is CC(C)C(C(=O)NC1CCNC1)c1ccc(-c2ccc3cccc(F)c3c2)[nH]c1=O. The van der Waals surface area contributed by atoms with Crippen LogP contribution in [0.3, 0.4) is 0 Å². The molecule has 4 rings (SSSR count). The van der Waals surface area contributed by atoms with Crippen LogP contribution in [0.2, 0.25) is 0 Å². The largest absolute Gasteiger partial charge is 0.352 e. The average Bonchev–Trinajstić information content (AvgIpc) is 3.22. The Morgan fingerprint density at radius 2 is 2.00 bits per heavy atom. The summed E-state index contributed by atoms with van der Waals surface area (Å²) in [6.45, 7) is 5.52. The van der Waals surface area contributed by atoms with Crippen molar-refractivity contribution in [3.05, 3.63) is 70.3 Å². The van der Waals surface area contributed by atoms with E-state index in [0.717, 1.165) is 30.5 Å². The van der Waals surface area contributed by atoms with E-state index in [2.05, 4.69) is 15.6 Å². The van der Waals surface area contributed by atoms with Crippen molar-refractivity contribution < 1.29 is 9.18 Å². The Bertz CT molecular complexity index is 1130. The molecule has 1 aliphatic rings. The smallest absolute Gasteiger partial charge is 0.252 e. The zero-order valence-electron chi connectivity index (χ0n) is 17.2. The molecule has 0 bridgehead atoms. The summed E-state index contributed by atoms with van der Waals surface area (Å²) in [5.74, 6) is -0.977. The maximum Gasteiger partial charge on any atom is 0.252 e. The van der Waals surface area contributed by atoms with Crippen molar-refractivity contribution in [2.75, 3.05) is 13.1 Å². The van der Waals surface area contributed by atoms with Gasteiger partial charge in [-0.25, -0.2) is 4.39 Å². The summed E-state index contributed by atoms with van der Waals surface area (Å²) in [7, 11) is 0. The molecule has 0 spiro atoms. The predicted molar refractivity (Wildman–Crippen MR) is 117 cm³/mol. The summed E-state index contributed by atoms with van der Waals surface area (Å²) < 4.78 is 14.2. The molecule has 1 amide bonds. The van der Waals surface area contributed by atoms with Crippen molar-refractivity contribution in [1.29, 1.82) is 0 Å². The molecule has 5 nitrogen and oxygen atoms in total. The summed E-state index contributed by atoms with van der Waals surface area (Å²) in [4.78, 5) is 28.7. The summed E-state index contributed by atoms with van der Waals surface area (Å²) in [6.07, 6.45) is 0.893. The van der Waals surface area contributed by atoms with E-state index in [1.807, 2.05) is 32.0 Å². The number of carbonyl (C=O) groups excluding carboxylic acids is 1. The van der Waals surface area contributed by atoms with Gasteiger partial charge < -0.3 is 15.6 Å². The van der Waals surface area contributed by atoms with Crippen LogP contribution in [0, 0.1) is 11.7 Å². The zero-order valence-corrected chi connectivity index (χ0v) is 17.2. The van der Waals surface area contributed by atoms with Crippen LogP contribution in [-0.4, -0.2) is 30.0 Å². The molecule has 2 heterocycles. The number of aromatic amines is 1. The van der Waals surface area contributed by atoms with Gasteiger partial charge in [0.25, 0.3) is 5.56 Å². The topological polar surface area (TPSA) is 74.0 Å². The van der Waals surface area contributed by atoms with Gasteiger partial charge in [0.15, 0.2) is 0 Å². The number of halogens is 1. The molecule has 0 aliphatic carbocycles. The Labute approximate surface area is 174 Å². The zero-order chi connectivity index (χ0) is 21.3. The van der Waals surface area contributed by atoms with Crippen molar-refractivity contribution in [2.24, 2.45) is 5.92 Å². The van der Waals surface area contributed by atoms with E-state index in [9.17, 15) is 14.0 Å². The number of H-pyrrole nitrogens is 1. The van der Waals surface area contributed by atoms with Gasteiger partial charge in [0.1, 0.15) is 5.82 Å². The van der Waals surface area contributed by atoms with Gasteiger partial charge in [-0.05, 0) is 48.0 Å². The standard InChI is InChI=1S/C24H26FN3O2/c1-14(2)22(24(30)27-17-10-11-26-13-17)18-8-9-21(28-23(18)29)16-7-6-15-4-3-5-20(25)19(15)12-16/h3-9,12,14,17,22,26H,10-11,13H2,1-2H3,(H,27,30)(H,28,29). The Morgan fingerprint density at radius 1 is 1.17 bits per heavy atom. The van der Waals surface area contributed by atoms with Crippen LogP contribution in [-0.2, 0) is 4.79 Å². The Kier molecular flexibility index (Phi) is 5.68. The molecule has 2 aromatic carbocycles. The molecular formula is C24H26FN3O2. The van der Waals surface area contributed by atoms with Crippen LogP contribution in [0.1, 0.15) is 31.7 Å². The fourth-order valence-electron chi connectivity index (χ4n) is 4.17. The number of hydrogen-bond acceptors (Lipinski definition) is 3. The average molecular weight is 407 g/mol. The molecule has 3 aromatic rings. The number of pyridine rings is 1. The summed E-state index contributed by atoms with van der Waals surface area (Å²) in [5, 5.41) is 7.60. The molecule has 1 fully saturated rings. The maximum absolute atomic E-state index is 14.2. The van der Waals surface area contributed by atoms with Crippen LogP contribution in [0.25, 0.3) is 22.0 Å². The quantitative estimate of drug-likeness (QED) is 0.606. The van der Waals surface area contributed by atoms with Gasteiger partial charge in [0, 0.05) is 29.2 Å². The van der Waals surface area contributed by atoms with E-state index in [1.165, 1.54) is 6.07 Å². The number of rotatable bonds is 5. The van der Waals surface area contributed by atoms with Crippen LogP contribution < -0.4 is 16.2 Å². The van der Waals surface area contributed by atoms with Gasteiger partial charge >= 0.3 is 0 Å². The third-order valence-corrected chi connectivity index (χ3v) is 5.77. The maximum atomic E-state index is 14.2. The number of carbonyl (C=O) groups is 1. The van der Waals surface area contributed by atoms with Gasteiger partial charge in [-0.3, -0.25) is 9.59 Å². The molecule has 2 atom stereocenters. The van der Waals surface area contributed by atoms with Gasteiger partial charge in [0.05, 0.1) is 5.92 Å². The minimum absolute atomic E-state index is 0.0268. The Morgan fingerprint density at radius 3 is 2.70 bits per heavy atom. The first kappa shape index (κ1) is 20.3. The highest BCUT2D eigenvalue weighted by atomic mass is 19.1. The van der Waals surface area contributed by atoms with Gasteiger partial charge in [-0.1, -0.05) is 44.2 Å². The van der Waals surface area contributed by atoms with Crippen molar-refractivity contribution in [3.8, 4) is 11.3 Å². The lowest BCUT2D eigenvalue weighted by Crippen LogP contribution is -2.41. The molecule has 0 radical (unpaired) electrons. The first-order valence-electron chi connectivity index (χ1n) is 10.4. The summed E-state index contributed by atoms with van der Waals surface area (Å²) in [6, 6.07) is 14.0. The van der Waals surface area contributed by atoms with Crippen LogP contribution in [0.5, 0.6) is 0 Å². The number of hydrogen-bond donors (Lipinski definition) is 3. The van der Waals surface area contributed by atoms with E-state index in [-0.39, 0.29) is 29.2 Å². The first-order valence-corrected chi connectivity index (χ1v) is 10.4. The van der Waals surface area contributed by atoms with E-state index in [0.29, 0.717) is 16.6 Å². The lowest BCUT2D eigenvalue weighted by molar-refractivity contribution is -0.124. The molecular weight excluding hydrogens is 381 g/mol. The van der Waals surface area contributed by atoms with Gasteiger partial charge in [-0.15, -0.1) is 0 Å². The third-order valence-electron chi connectivity index (χ3n) is 5.77. The molecule has 6 heteroatoms. The van der Waals surface area contributed by atoms with E-state index < -0.39 is 5.92 Å². The Hall–Kier alpha value is -2.99. The fourth-order valence-corrected chi connectivity index (χ4v) is 4.17. The molecule has 156 valence electrons. The van der Waals surface area contributed by atoms with Crippen molar-refractivity contribution in [2.45, 2.75) is 32.2 Å². The molecule has 0 saturated carbocycles. The van der Waals surface area contributed by atoms with E-state index in [1.54, 1.807) is 24.3 Å². The van der Waals surface area contributed by atoms with Crippen LogP contribution in [0.4, 0.5) is 4.39 Å². The van der Waals surface area contributed by atoms with Gasteiger partial charge in [0.2, 0.25) is 5.91 Å². The predicted octanol–water partition coefficient (Wildman–Crippen LogP) is 3.55. The second-order valence-corrected chi connectivity index (χ2v) is 8.25. The summed E-state index contributed by atoms with van der Waals surface area (Å²) >= 11 is 0. The highest BCUT2D eigenvalue weighted by molar-refractivity contribution is 5.87. The third kappa shape index (κ3) is 4.00. The monoisotopic (exact) mass is 407 g/mol. The van der Waals surface area contributed by atoms with Crippen molar-refractivity contribution >= 4 is 16.7 Å². The number of nitrogens with one attached hydrogen (secondary N) is 3. The van der Waals surface area contributed by atoms with Crippen molar-refractivity contribution in [1.82, 2.24) is 15.6 Å². The minimum Gasteiger partial charge on any atom is -0.352 e. The number of aromatic nitrogens is 1. The van der Waals surface area contributed by atoms with E-state index in [4.69, 9.17) is 0 Å².